The second kappa shape index (κ2) is 4.92. The Morgan fingerprint density at radius 1 is 1.32 bits per heavy atom. The van der Waals surface area contributed by atoms with Crippen LogP contribution in [0.15, 0.2) is 36.9 Å². The van der Waals surface area contributed by atoms with E-state index in [0.717, 1.165) is 36.2 Å². The van der Waals surface area contributed by atoms with Gasteiger partial charge < -0.3 is 11.1 Å². The van der Waals surface area contributed by atoms with Gasteiger partial charge in [0, 0.05) is 24.6 Å². The van der Waals surface area contributed by atoms with Crippen LogP contribution in [-0.2, 0) is 13.0 Å². The molecule has 22 heavy (non-hydrogen) atoms. The predicted molar refractivity (Wildman–Crippen MR) is 83.5 cm³/mol. The van der Waals surface area contributed by atoms with Crippen molar-refractivity contribution in [1.29, 1.82) is 0 Å². The number of fused-ring (bicyclic) bond motifs is 2. The van der Waals surface area contributed by atoms with Gasteiger partial charge in [0.1, 0.15) is 6.33 Å². The van der Waals surface area contributed by atoms with Crippen LogP contribution in [0.5, 0.6) is 0 Å². The molecule has 3 heterocycles. The summed E-state index contributed by atoms with van der Waals surface area (Å²) >= 11 is 0. The van der Waals surface area contributed by atoms with Gasteiger partial charge in [0.25, 0.3) is 5.91 Å². The molecule has 4 rings (SSSR count). The molecule has 0 atom stereocenters. The summed E-state index contributed by atoms with van der Waals surface area (Å²) in [5.41, 5.74) is 10.7. The molecule has 0 spiro atoms. The van der Waals surface area contributed by atoms with Crippen molar-refractivity contribution in [2.24, 2.45) is 0 Å². The largest absolute Gasteiger partial charge is 0.399 e. The molecule has 6 nitrogen and oxygen atoms in total. The monoisotopic (exact) mass is 293 g/mol. The average Bonchev–Trinajstić information content (AvgIpc) is 2.96. The maximum atomic E-state index is 12.9. The van der Waals surface area contributed by atoms with E-state index in [2.05, 4.69) is 15.3 Å². The highest BCUT2D eigenvalue weighted by Gasteiger charge is 2.20. The summed E-state index contributed by atoms with van der Waals surface area (Å²) in [5.74, 6) is -0.0986. The number of pyridine rings is 1. The highest BCUT2D eigenvalue weighted by molar-refractivity contribution is 6.02. The lowest BCUT2D eigenvalue weighted by Crippen LogP contribution is -2.26. The van der Waals surface area contributed by atoms with Gasteiger partial charge in [0.15, 0.2) is 0 Å². The van der Waals surface area contributed by atoms with E-state index in [4.69, 9.17) is 5.73 Å². The van der Waals surface area contributed by atoms with Gasteiger partial charge in [-0.2, -0.15) is 0 Å². The number of nitrogens with zero attached hydrogens (tertiary/aromatic N) is 3. The van der Waals surface area contributed by atoms with E-state index >= 15 is 0 Å². The highest BCUT2D eigenvalue weighted by Crippen LogP contribution is 2.21. The summed E-state index contributed by atoms with van der Waals surface area (Å²) in [6, 6.07) is 5.36. The zero-order valence-corrected chi connectivity index (χ0v) is 11.9. The molecule has 0 saturated carbocycles. The van der Waals surface area contributed by atoms with Gasteiger partial charge in [-0.1, -0.05) is 0 Å². The third-order valence-electron chi connectivity index (χ3n) is 4.03. The minimum Gasteiger partial charge on any atom is -0.399 e. The number of aromatic nitrogens is 3. The van der Waals surface area contributed by atoms with Crippen molar-refractivity contribution in [1.82, 2.24) is 19.9 Å². The Hall–Kier alpha value is -2.73. The molecule has 1 aromatic carbocycles. The Kier molecular flexibility index (Phi) is 2.90. The fraction of sp³-hybridized carbons (Fsp3) is 0.188. The zero-order valence-electron chi connectivity index (χ0n) is 11.9. The molecule has 3 N–H and O–H groups in total. The van der Waals surface area contributed by atoms with Crippen molar-refractivity contribution in [3.05, 3.63) is 53.6 Å². The van der Waals surface area contributed by atoms with Crippen molar-refractivity contribution in [3.8, 4) is 0 Å². The van der Waals surface area contributed by atoms with E-state index < -0.39 is 0 Å². The SMILES string of the molecule is Nc1ccc2c(c1)ncn2C(=O)c1cncc2c1CCNC2. The third-order valence-corrected chi connectivity index (χ3v) is 4.03. The Bertz CT molecular complexity index is 883. The van der Waals surface area contributed by atoms with Crippen LogP contribution in [0, 0.1) is 0 Å². The molecule has 0 bridgehead atoms. The first-order valence-electron chi connectivity index (χ1n) is 7.18. The molecule has 3 aromatic rings. The van der Waals surface area contributed by atoms with Crippen molar-refractivity contribution in [3.63, 3.8) is 0 Å². The number of carbonyl (C=O) groups is 1. The van der Waals surface area contributed by atoms with Crippen LogP contribution in [0.2, 0.25) is 0 Å². The molecule has 0 amide bonds. The van der Waals surface area contributed by atoms with Gasteiger partial charge in [-0.05, 0) is 42.3 Å². The van der Waals surface area contributed by atoms with Crippen LogP contribution < -0.4 is 11.1 Å². The zero-order chi connectivity index (χ0) is 15.1. The van der Waals surface area contributed by atoms with Crippen molar-refractivity contribution >= 4 is 22.6 Å². The molecular formula is C16H15N5O. The van der Waals surface area contributed by atoms with Crippen LogP contribution in [0.1, 0.15) is 21.5 Å². The molecule has 6 heteroatoms. The van der Waals surface area contributed by atoms with Crippen molar-refractivity contribution in [2.75, 3.05) is 12.3 Å². The van der Waals surface area contributed by atoms with Gasteiger partial charge in [-0.15, -0.1) is 0 Å². The average molecular weight is 293 g/mol. The Labute approximate surface area is 127 Å². The van der Waals surface area contributed by atoms with Gasteiger partial charge >= 0.3 is 0 Å². The van der Waals surface area contributed by atoms with Crippen LogP contribution in [0.4, 0.5) is 5.69 Å². The molecular weight excluding hydrogens is 278 g/mol. The number of anilines is 1. The quantitative estimate of drug-likeness (QED) is 0.661. The first-order chi connectivity index (χ1) is 10.7. The fourth-order valence-corrected chi connectivity index (χ4v) is 2.92. The first kappa shape index (κ1) is 13.0. The maximum Gasteiger partial charge on any atom is 0.265 e. The third kappa shape index (κ3) is 1.96. The molecule has 0 fully saturated rings. The maximum absolute atomic E-state index is 12.9. The van der Waals surface area contributed by atoms with E-state index in [-0.39, 0.29) is 5.91 Å². The minimum atomic E-state index is -0.0986. The van der Waals surface area contributed by atoms with Crippen LogP contribution in [-0.4, -0.2) is 27.0 Å². The lowest BCUT2D eigenvalue weighted by Gasteiger charge is -2.19. The molecule has 0 aliphatic carbocycles. The Balaban J connectivity index is 1.84. The van der Waals surface area contributed by atoms with Crippen molar-refractivity contribution in [2.45, 2.75) is 13.0 Å². The number of nitrogens with one attached hydrogen (secondary N) is 1. The van der Waals surface area contributed by atoms with E-state index in [1.807, 2.05) is 12.3 Å². The first-order valence-corrected chi connectivity index (χ1v) is 7.18. The highest BCUT2D eigenvalue weighted by atomic mass is 16.2. The summed E-state index contributed by atoms with van der Waals surface area (Å²) < 4.78 is 1.56. The molecule has 0 saturated heterocycles. The number of hydrogen-bond acceptors (Lipinski definition) is 5. The number of rotatable bonds is 1. The molecule has 0 unspecified atom stereocenters. The van der Waals surface area contributed by atoms with Gasteiger partial charge in [0.2, 0.25) is 0 Å². The van der Waals surface area contributed by atoms with Crippen LogP contribution in [0.3, 0.4) is 0 Å². The molecule has 1 aliphatic heterocycles. The molecule has 2 aromatic heterocycles. The van der Waals surface area contributed by atoms with Crippen LogP contribution >= 0.6 is 0 Å². The van der Waals surface area contributed by atoms with Gasteiger partial charge in [-0.3, -0.25) is 14.3 Å². The number of hydrogen-bond donors (Lipinski definition) is 2. The summed E-state index contributed by atoms with van der Waals surface area (Å²) in [6.07, 6.45) is 5.85. The summed E-state index contributed by atoms with van der Waals surface area (Å²) in [6.45, 7) is 1.63. The summed E-state index contributed by atoms with van der Waals surface area (Å²) in [7, 11) is 0. The molecule has 110 valence electrons. The normalized spacial score (nSPS) is 14.0. The number of benzene rings is 1. The van der Waals surface area contributed by atoms with Gasteiger partial charge in [-0.25, -0.2) is 4.98 Å². The number of nitrogen functional groups attached to an aromatic ring is 1. The van der Waals surface area contributed by atoms with Gasteiger partial charge in [0.05, 0.1) is 16.6 Å². The topological polar surface area (TPSA) is 85.8 Å². The smallest absolute Gasteiger partial charge is 0.265 e. The Morgan fingerprint density at radius 3 is 3.14 bits per heavy atom. The lowest BCUT2D eigenvalue weighted by molar-refractivity contribution is 0.0962. The number of nitrogens with two attached hydrogens (primary N) is 1. The second-order valence-electron chi connectivity index (χ2n) is 5.42. The summed E-state index contributed by atoms with van der Waals surface area (Å²) in [4.78, 5) is 21.4. The standard InChI is InChI=1S/C16H15N5O/c17-11-1-2-15-14(5-11)20-9-21(15)16(22)13-8-19-7-10-6-18-4-3-12(10)13/h1-2,5,7-9,18H,3-4,6,17H2. The van der Waals surface area contributed by atoms with Crippen molar-refractivity contribution < 1.29 is 4.79 Å². The van der Waals surface area contributed by atoms with E-state index in [1.165, 1.54) is 0 Å². The number of imidazole rings is 1. The lowest BCUT2D eigenvalue weighted by atomic mass is 9.98. The predicted octanol–water partition coefficient (Wildman–Crippen LogP) is 1.35. The molecule has 1 aliphatic rings. The van der Waals surface area contributed by atoms with E-state index in [1.54, 1.807) is 29.2 Å². The van der Waals surface area contributed by atoms with E-state index in [0.29, 0.717) is 16.8 Å². The van der Waals surface area contributed by atoms with Crippen LogP contribution in [0.25, 0.3) is 11.0 Å². The Morgan fingerprint density at radius 2 is 2.23 bits per heavy atom. The fourth-order valence-electron chi connectivity index (χ4n) is 2.92. The summed E-state index contributed by atoms with van der Waals surface area (Å²) in [5, 5.41) is 3.29. The minimum absolute atomic E-state index is 0.0986. The molecule has 0 radical (unpaired) electrons. The van der Waals surface area contributed by atoms with E-state index in [9.17, 15) is 4.79 Å². The number of carbonyl (C=O) groups excluding carboxylic acids is 1. The second-order valence-corrected chi connectivity index (χ2v) is 5.42.